The molecule has 0 radical (unpaired) electrons. The molecule has 0 aliphatic heterocycles. The minimum Gasteiger partial charge on any atom is -0.306 e. The fourth-order valence-corrected chi connectivity index (χ4v) is 3.97. The maximum atomic E-state index is 14.3. The normalized spacial score (nSPS) is 12.7. The van der Waals surface area contributed by atoms with Crippen molar-refractivity contribution in [1.82, 2.24) is 5.32 Å². The highest BCUT2D eigenvalue weighted by atomic mass is 79.9. The molecule has 102 valence electrons. The minimum atomic E-state index is -0.198. The lowest BCUT2D eigenvalue weighted by Crippen LogP contribution is -2.22. The van der Waals surface area contributed by atoms with Crippen LogP contribution in [0.5, 0.6) is 0 Å². The van der Waals surface area contributed by atoms with E-state index in [0.717, 1.165) is 15.9 Å². The predicted molar refractivity (Wildman–Crippen MR) is 86.4 cm³/mol. The SMILES string of the molecule is CCNC(c1cc(Br)c(C)s1)c1cccc(Br)c1F. The monoisotopic (exact) mass is 405 g/mol. The van der Waals surface area contributed by atoms with Gasteiger partial charge in [0.2, 0.25) is 0 Å². The Labute approximate surface area is 133 Å². The number of benzene rings is 1. The van der Waals surface area contributed by atoms with Gasteiger partial charge in [0.1, 0.15) is 5.82 Å². The summed E-state index contributed by atoms with van der Waals surface area (Å²) in [6.45, 7) is 4.86. The third-order valence-corrected chi connectivity index (χ3v) is 5.68. The third-order valence-electron chi connectivity index (χ3n) is 2.86. The smallest absolute Gasteiger partial charge is 0.142 e. The van der Waals surface area contributed by atoms with E-state index in [2.05, 4.69) is 50.2 Å². The molecule has 0 aliphatic rings. The van der Waals surface area contributed by atoms with Crippen LogP contribution in [-0.4, -0.2) is 6.54 Å². The molecule has 0 fully saturated rings. The lowest BCUT2D eigenvalue weighted by molar-refractivity contribution is 0.559. The van der Waals surface area contributed by atoms with E-state index in [9.17, 15) is 4.39 Å². The molecule has 1 unspecified atom stereocenters. The molecule has 0 bridgehead atoms. The summed E-state index contributed by atoms with van der Waals surface area (Å²) in [6, 6.07) is 7.36. The Balaban J connectivity index is 2.48. The molecular weight excluding hydrogens is 393 g/mol. The molecule has 2 aromatic rings. The maximum absolute atomic E-state index is 14.3. The number of thiophene rings is 1. The molecule has 2 rings (SSSR count). The van der Waals surface area contributed by atoms with Gasteiger partial charge in [0.25, 0.3) is 0 Å². The van der Waals surface area contributed by atoms with Crippen molar-refractivity contribution in [1.29, 1.82) is 0 Å². The van der Waals surface area contributed by atoms with Crippen LogP contribution >= 0.6 is 43.2 Å². The number of nitrogens with one attached hydrogen (secondary N) is 1. The van der Waals surface area contributed by atoms with Crippen molar-refractivity contribution in [3.63, 3.8) is 0 Å². The molecular formula is C14H14Br2FNS. The van der Waals surface area contributed by atoms with Crippen LogP contribution in [0.3, 0.4) is 0 Å². The van der Waals surface area contributed by atoms with Crippen molar-refractivity contribution in [2.24, 2.45) is 0 Å². The highest BCUT2D eigenvalue weighted by Gasteiger charge is 2.20. The van der Waals surface area contributed by atoms with Crippen molar-refractivity contribution >= 4 is 43.2 Å². The zero-order valence-electron chi connectivity index (χ0n) is 10.6. The Morgan fingerprint density at radius 3 is 2.63 bits per heavy atom. The summed E-state index contributed by atoms with van der Waals surface area (Å²) in [5, 5.41) is 3.35. The van der Waals surface area contributed by atoms with E-state index in [1.165, 1.54) is 4.88 Å². The topological polar surface area (TPSA) is 12.0 Å². The Kier molecular flexibility index (Phi) is 5.17. The summed E-state index contributed by atoms with van der Waals surface area (Å²) in [5.41, 5.74) is 0.671. The number of hydrogen-bond acceptors (Lipinski definition) is 2. The molecule has 0 spiro atoms. The first-order chi connectivity index (χ1) is 9.04. The second kappa shape index (κ2) is 6.48. The van der Waals surface area contributed by atoms with E-state index in [1.807, 2.05) is 19.1 Å². The summed E-state index contributed by atoms with van der Waals surface area (Å²) in [5.74, 6) is -0.198. The van der Waals surface area contributed by atoms with Crippen LogP contribution in [0, 0.1) is 12.7 Å². The predicted octanol–water partition coefficient (Wildman–Crippen LogP) is 5.42. The molecule has 1 N–H and O–H groups in total. The quantitative estimate of drug-likeness (QED) is 0.714. The van der Waals surface area contributed by atoms with Crippen LogP contribution in [0.2, 0.25) is 0 Å². The van der Waals surface area contributed by atoms with Gasteiger partial charge < -0.3 is 5.32 Å². The number of halogens is 3. The van der Waals surface area contributed by atoms with Gasteiger partial charge in [-0.25, -0.2) is 4.39 Å². The summed E-state index contributed by atoms with van der Waals surface area (Å²) < 4.78 is 15.8. The summed E-state index contributed by atoms with van der Waals surface area (Å²) in [7, 11) is 0. The van der Waals surface area contributed by atoms with E-state index in [1.54, 1.807) is 17.4 Å². The Morgan fingerprint density at radius 1 is 1.32 bits per heavy atom. The fourth-order valence-electron chi connectivity index (χ4n) is 1.94. The van der Waals surface area contributed by atoms with Crippen molar-refractivity contribution in [2.75, 3.05) is 6.54 Å². The molecule has 1 nitrogen and oxygen atoms in total. The first-order valence-corrected chi connectivity index (χ1v) is 8.38. The number of rotatable bonds is 4. The van der Waals surface area contributed by atoms with E-state index < -0.39 is 0 Å². The van der Waals surface area contributed by atoms with Crippen LogP contribution in [0.1, 0.15) is 28.3 Å². The molecule has 0 saturated carbocycles. The van der Waals surface area contributed by atoms with Crippen LogP contribution in [0.4, 0.5) is 4.39 Å². The van der Waals surface area contributed by atoms with Gasteiger partial charge in [-0.3, -0.25) is 0 Å². The standard InChI is InChI=1S/C14H14Br2FNS/c1-3-18-14(12-7-11(16)8(2)19-12)9-5-4-6-10(15)13(9)17/h4-7,14,18H,3H2,1-2H3. The van der Waals surface area contributed by atoms with Gasteiger partial charge in [-0.05, 0) is 57.5 Å². The lowest BCUT2D eigenvalue weighted by atomic mass is 10.0. The zero-order chi connectivity index (χ0) is 14.0. The number of aryl methyl sites for hydroxylation is 1. The van der Waals surface area contributed by atoms with Crippen molar-refractivity contribution in [3.8, 4) is 0 Å². The van der Waals surface area contributed by atoms with E-state index in [0.29, 0.717) is 10.0 Å². The molecule has 1 aromatic carbocycles. The van der Waals surface area contributed by atoms with Gasteiger partial charge in [0.05, 0.1) is 10.5 Å². The van der Waals surface area contributed by atoms with Gasteiger partial charge in [0, 0.05) is 19.8 Å². The average molecular weight is 407 g/mol. The lowest BCUT2D eigenvalue weighted by Gasteiger charge is -2.18. The van der Waals surface area contributed by atoms with Gasteiger partial charge in [-0.2, -0.15) is 0 Å². The summed E-state index contributed by atoms with van der Waals surface area (Å²) >= 11 is 8.45. The van der Waals surface area contributed by atoms with Gasteiger partial charge in [-0.1, -0.05) is 19.1 Å². The van der Waals surface area contributed by atoms with E-state index in [4.69, 9.17) is 0 Å². The molecule has 0 saturated heterocycles. The van der Waals surface area contributed by atoms with Gasteiger partial charge >= 0.3 is 0 Å². The second-order valence-corrected chi connectivity index (χ2v) is 7.18. The first kappa shape index (κ1) is 15.2. The van der Waals surface area contributed by atoms with Crippen LogP contribution in [0.15, 0.2) is 33.2 Å². The summed E-state index contributed by atoms with van der Waals surface area (Å²) in [6.07, 6.45) is 0. The average Bonchev–Trinajstić information content (AvgIpc) is 2.70. The highest BCUT2D eigenvalue weighted by Crippen LogP contribution is 2.35. The summed E-state index contributed by atoms with van der Waals surface area (Å²) in [4.78, 5) is 2.32. The maximum Gasteiger partial charge on any atom is 0.142 e. The highest BCUT2D eigenvalue weighted by molar-refractivity contribution is 9.10. The van der Waals surface area contributed by atoms with Crippen LogP contribution in [-0.2, 0) is 0 Å². The largest absolute Gasteiger partial charge is 0.306 e. The Hall–Kier alpha value is -0.230. The Bertz CT molecular complexity index is 563. The number of hydrogen-bond donors (Lipinski definition) is 1. The van der Waals surface area contributed by atoms with Crippen molar-refractivity contribution in [3.05, 3.63) is 54.3 Å². The molecule has 19 heavy (non-hydrogen) atoms. The fraction of sp³-hybridized carbons (Fsp3) is 0.286. The van der Waals surface area contributed by atoms with Crippen molar-refractivity contribution in [2.45, 2.75) is 19.9 Å². The Morgan fingerprint density at radius 2 is 2.05 bits per heavy atom. The van der Waals surface area contributed by atoms with Crippen LogP contribution in [0.25, 0.3) is 0 Å². The minimum absolute atomic E-state index is 0.113. The third kappa shape index (κ3) is 3.27. The molecule has 1 aromatic heterocycles. The molecule has 1 heterocycles. The molecule has 0 aliphatic carbocycles. The van der Waals surface area contributed by atoms with Crippen molar-refractivity contribution < 1.29 is 4.39 Å². The van der Waals surface area contributed by atoms with E-state index in [-0.39, 0.29) is 11.9 Å². The molecule has 5 heteroatoms. The van der Waals surface area contributed by atoms with E-state index >= 15 is 0 Å². The molecule has 0 amide bonds. The second-order valence-electron chi connectivity index (χ2n) is 4.19. The zero-order valence-corrected chi connectivity index (χ0v) is 14.6. The first-order valence-electron chi connectivity index (χ1n) is 5.97. The van der Waals surface area contributed by atoms with Crippen LogP contribution < -0.4 is 5.32 Å². The molecule has 1 atom stereocenters. The van der Waals surface area contributed by atoms with Gasteiger partial charge in [-0.15, -0.1) is 11.3 Å². The van der Waals surface area contributed by atoms with Gasteiger partial charge in [0.15, 0.2) is 0 Å².